The van der Waals surface area contributed by atoms with Crippen molar-refractivity contribution in [2.75, 3.05) is 18.9 Å². The number of nitrogen functional groups attached to an aromatic ring is 1. The van der Waals surface area contributed by atoms with Crippen molar-refractivity contribution in [3.63, 3.8) is 0 Å². The number of amides is 1. The van der Waals surface area contributed by atoms with Gasteiger partial charge >= 0.3 is 5.97 Å². The van der Waals surface area contributed by atoms with Gasteiger partial charge in [-0.25, -0.2) is 5.43 Å². The van der Waals surface area contributed by atoms with E-state index in [1.807, 2.05) is 18.2 Å². The fourth-order valence-electron chi connectivity index (χ4n) is 2.60. The summed E-state index contributed by atoms with van der Waals surface area (Å²) in [6.07, 6.45) is 0.872. The molecule has 142 valence electrons. The van der Waals surface area contributed by atoms with Crippen molar-refractivity contribution >= 4 is 28.7 Å². The van der Waals surface area contributed by atoms with Gasteiger partial charge in [-0.2, -0.15) is 0 Å². The number of hydrazine groups is 1. The Hall–Kier alpha value is -3.26. The van der Waals surface area contributed by atoms with Crippen molar-refractivity contribution in [2.24, 2.45) is 0 Å². The maximum Gasteiger partial charge on any atom is 0.305 e. The monoisotopic (exact) mass is 370 g/mol. The number of hydrogen-bond donors (Lipinski definition) is 4. The smallest absolute Gasteiger partial charge is 0.305 e. The number of aromatic amines is 1. The summed E-state index contributed by atoms with van der Waals surface area (Å²) < 4.78 is 10.6. The molecule has 5 N–H and O–H groups in total. The fraction of sp³-hybridized carbons (Fsp3) is 0.263. The number of anilines is 1. The van der Waals surface area contributed by atoms with E-state index in [-0.39, 0.29) is 11.9 Å². The van der Waals surface area contributed by atoms with Gasteiger partial charge < -0.3 is 19.9 Å². The van der Waals surface area contributed by atoms with Gasteiger partial charge in [0.15, 0.2) is 5.58 Å². The average molecular weight is 370 g/mol. The topological polar surface area (TPSA) is 122 Å². The van der Waals surface area contributed by atoms with Crippen LogP contribution in [0, 0.1) is 0 Å². The van der Waals surface area contributed by atoms with Crippen LogP contribution in [0.5, 0.6) is 0 Å². The first kappa shape index (κ1) is 18.5. The number of nitrogens with one attached hydrogen (secondary N) is 3. The van der Waals surface area contributed by atoms with Crippen molar-refractivity contribution in [1.82, 2.24) is 15.8 Å². The Balaban J connectivity index is 1.53. The molecule has 0 saturated carbocycles. The number of fused-ring (bicyclic) bond motifs is 1. The Morgan fingerprint density at radius 1 is 1.22 bits per heavy atom. The zero-order valence-electron chi connectivity index (χ0n) is 15.0. The molecule has 0 spiro atoms. The Labute approximate surface area is 156 Å². The van der Waals surface area contributed by atoms with Gasteiger partial charge in [0.2, 0.25) is 0 Å². The lowest BCUT2D eigenvalue weighted by Crippen LogP contribution is -2.38. The third-order valence-electron chi connectivity index (χ3n) is 3.94. The molecule has 3 aromatic rings. The van der Waals surface area contributed by atoms with E-state index >= 15 is 0 Å². The molecule has 2 aromatic heterocycles. The number of esters is 1. The summed E-state index contributed by atoms with van der Waals surface area (Å²) in [7, 11) is 0. The van der Waals surface area contributed by atoms with Gasteiger partial charge in [0.25, 0.3) is 5.91 Å². The normalized spacial score (nSPS) is 10.9. The van der Waals surface area contributed by atoms with Crippen LogP contribution in [0.3, 0.4) is 0 Å². The van der Waals surface area contributed by atoms with Gasteiger partial charge in [-0.05, 0) is 37.6 Å². The van der Waals surface area contributed by atoms with Crippen LogP contribution in [-0.2, 0) is 9.53 Å². The molecule has 8 nitrogen and oxygen atoms in total. The van der Waals surface area contributed by atoms with Crippen LogP contribution >= 0.6 is 0 Å². The molecular weight excluding hydrogens is 348 g/mol. The molecule has 8 heteroatoms. The minimum absolute atomic E-state index is 0.243. The molecule has 0 radical (unpaired) electrons. The number of hydrogen-bond acceptors (Lipinski definition) is 6. The number of benzene rings is 1. The lowest BCUT2D eigenvalue weighted by atomic mass is 10.1. The Kier molecular flexibility index (Phi) is 5.77. The molecule has 2 heterocycles. The van der Waals surface area contributed by atoms with Crippen molar-refractivity contribution in [3.05, 3.63) is 42.1 Å². The van der Waals surface area contributed by atoms with Crippen LogP contribution in [0.2, 0.25) is 0 Å². The lowest BCUT2D eigenvalue weighted by molar-refractivity contribution is -0.143. The highest BCUT2D eigenvalue weighted by molar-refractivity contribution is 5.97. The first-order chi connectivity index (χ1) is 13.1. The molecule has 1 aromatic carbocycles. The Morgan fingerprint density at radius 2 is 2.00 bits per heavy atom. The molecule has 0 atom stereocenters. The molecule has 0 aliphatic carbocycles. The Morgan fingerprint density at radius 3 is 2.70 bits per heavy atom. The highest BCUT2D eigenvalue weighted by atomic mass is 16.5. The summed E-state index contributed by atoms with van der Waals surface area (Å²) in [5, 5.41) is 0. The van der Waals surface area contributed by atoms with Crippen LogP contribution in [0.15, 0.2) is 40.8 Å². The van der Waals surface area contributed by atoms with E-state index in [2.05, 4.69) is 15.8 Å². The highest BCUT2D eigenvalue weighted by Gasteiger charge is 2.14. The molecule has 0 saturated heterocycles. The maximum absolute atomic E-state index is 12.2. The molecule has 27 heavy (non-hydrogen) atoms. The van der Waals surface area contributed by atoms with E-state index in [9.17, 15) is 9.59 Å². The van der Waals surface area contributed by atoms with E-state index in [1.165, 1.54) is 0 Å². The number of nitrogens with two attached hydrogens (primary N) is 1. The minimum Gasteiger partial charge on any atom is -0.466 e. The van der Waals surface area contributed by atoms with E-state index in [4.69, 9.17) is 14.9 Å². The zero-order valence-corrected chi connectivity index (χ0v) is 15.0. The maximum atomic E-state index is 12.2. The SMILES string of the molecule is CCOC(=O)CCCNNC(=O)c1cc2oc(-c3ccc(N)cc3)cc2[nH]1. The fourth-order valence-corrected chi connectivity index (χ4v) is 2.60. The van der Waals surface area contributed by atoms with Gasteiger partial charge in [0.05, 0.1) is 12.1 Å². The molecule has 0 fully saturated rings. The quantitative estimate of drug-likeness (QED) is 0.209. The molecule has 3 rings (SSSR count). The van der Waals surface area contributed by atoms with Gasteiger partial charge in [-0.3, -0.25) is 15.0 Å². The van der Waals surface area contributed by atoms with Gasteiger partial charge in [0.1, 0.15) is 11.5 Å². The largest absolute Gasteiger partial charge is 0.466 e. The van der Waals surface area contributed by atoms with Crippen molar-refractivity contribution in [3.8, 4) is 11.3 Å². The van der Waals surface area contributed by atoms with Gasteiger partial charge in [-0.1, -0.05) is 0 Å². The van der Waals surface area contributed by atoms with E-state index in [1.54, 1.807) is 25.1 Å². The predicted molar refractivity (Wildman–Crippen MR) is 102 cm³/mol. The zero-order chi connectivity index (χ0) is 19.2. The molecule has 1 amide bonds. The van der Waals surface area contributed by atoms with Crippen molar-refractivity contribution < 1.29 is 18.7 Å². The van der Waals surface area contributed by atoms with Crippen molar-refractivity contribution in [2.45, 2.75) is 19.8 Å². The molecular formula is C19H22N4O4. The number of carbonyl (C=O) groups excluding carboxylic acids is 2. The molecule has 0 aliphatic rings. The number of aromatic nitrogens is 1. The summed E-state index contributed by atoms with van der Waals surface area (Å²) in [5.41, 5.74) is 14.4. The van der Waals surface area contributed by atoms with Crippen LogP contribution in [-0.4, -0.2) is 30.0 Å². The third-order valence-corrected chi connectivity index (χ3v) is 3.94. The van der Waals surface area contributed by atoms with Crippen LogP contribution < -0.4 is 16.6 Å². The average Bonchev–Trinajstić information content (AvgIpc) is 3.21. The lowest BCUT2D eigenvalue weighted by Gasteiger charge is -2.06. The molecule has 0 unspecified atom stereocenters. The predicted octanol–water partition coefficient (Wildman–Crippen LogP) is 2.59. The number of carbonyl (C=O) groups is 2. The Bertz CT molecular complexity index is 895. The highest BCUT2D eigenvalue weighted by Crippen LogP contribution is 2.28. The number of rotatable bonds is 8. The third kappa shape index (κ3) is 4.68. The minimum atomic E-state index is -0.313. The van der Waals surface area contributed by atoms with Gasteiger partial charge in [0, 0.05) is 36.3 Å². The number of ether oxygens (including phenoxy) is 1. The van der Waals surface area contributed by atoms with E-state index in [0.29, 0.717) is 48.7 Å². The molecule has 0 bridgehead atoms. The summed E-state index contributed by atoms with van der Waals surface area (Å²) >= 11 is 0. The number of furan rings is 1. The summed E-state index contributed by atoms with van der Waals surface area (Å²) in [5.74, 6) is 0.138. The second-order valence-corrected chi connectivity index (χ2v) is 5.98. The standard InChI is InChI=1S/C19H22N4O4/c1-2-26-18(24)4-3-9-21-23-19(25)15-11-17-14(22-15)10-16(27-17)12-5-7-13(20)8-6-12/h5-8,10-11,21-22H,2-4,9,20H2,1H3,(H,23,25). The van der Waals surface area contributed by atoms with Crippen LogP contribution in [0.1, 0.15) is 30.3 Å². The van der Waals surface area contributed by atoms with Crippen LogP contribution in [0.25, 0.3) is 22.4 Å². The summed E-state index contributed by atoms with van der Waals surface area (Å²) in [6, 6.07) is 10.8. The van der Waals surface area contributed by atoms with E-state index in [0.717, 1.165) is 11.1 Å². The van der Waals surface area contributed by atoms with Crippen molar-refractivity contribution in [1.29, 1.82) is 0 Å². The van der Waals surface area contributed by atoms with Crippen LogP contribution in [0.4, 0.5) is 5.69 Å². The molecule has 0 aliphatic heterocycles. The summed E-state index contributed by atoms with van der Waals surface area (Å²) in [4.78, 5) is 26.4. The summed E-state index contributed by atoms with van der Waals surface area (Å²) in [6.45, 7) is 2.60. The first-order valence-corrected chi connectivity index (χ1v) is 8.74. The first-order valence-electron chi connectivity index (χ1n) is 8.74. The second-order valence-electron chi connectivity index (χ2n) is 5.98. The van der Waals surface area contributed by atoms with E-state index < -0.39 is 0 Å². The number of H-pyrrole nitrogens is 1. The second kappa shape index (κ2) is 8.41. The van der Waals surface area contributed by atoms with Gasteiger partial charge in [-0.15, -0.1) is 0 Å².